The van der Waals surface area contributed by atoms with Gasteiger partial charge in [-0.05, 0) is 42.0 Å². The number of carbonyl (C=O) groups excluding carboxylic acids is 1. The highest BCUT2D eigenvalue weighted by Gasteiger charge is 2.18. The summed E-state index contributed by atoms with van der Waals surface area (Å²) in [7, 11) is 0. The molecule has 10 heteroatoms. The van der Waals surface area contributed by atoms with Crippen molar-refractivity contribution in [1.82, 2.24) is 20.1 Å². The number of halogens is 4. The van der Waals surface area contributed by atoms with E-state index in [1.54, 1.807) is 34.9 Å². The molecule has 0 fully saturated rings. The van der Waals surface area contributed by atoms with Crippen molar-refractivity contribution in [2.24, 2.45) is 0 Å². The van der Waals surface area contributed by atoms with Gasteiger partial charge in [0.2, 0.25) is 0 Å². The molecule has 1 N–H and O–H groups in total. The van der Waals surface area contributed by atoms with Crippen LogP contribution in [0.4, 0.5) is 0 Å². The summed E-state index contributed by atoms with van der Waals surface area (Å²) in [6.45, 7) is 0.112. The Balaban J connectivity index is 1.61. The molecular weight excluding hydrogens is 522 g/mol. The number of carbonyl (C=O) groups is 1. The van der Waals surface area contributed by atoms with Gasteiger partial charge in [0.05, 0.1) is 27.3 Å². The molecule has 0 unspecified atom stereocenters. The van der Waals surface area contributed by atoms with Crippen molar-refractivity contribution in [3.63, 3.8) is 0 Å². The van der Waals surface area contributed by atoms with Crippen molar-refractivity contribution in [1.29, 1.82) is 0 Å². The van der Waals surface area contributed by atoms with Crippen LogP contribution in [0.2, 0.25) is 20.1 Å². The maximum absolute atomic E-state index is 12.6. The maximum Gasteiger partial charge on any atom is 0.251 e. The SMILES string of the molecule is O=C(NCc1nnc(SCc2ccccc2)n1-c1cc(Cl)ccc1Cl)c1ccc(Cl)c(Cl)c1. The third-order valence-corrected chi connectivity index (χ3v) is 6.94. The Labute approximate surface area is 215 Å². The van der Waals surface area contributed by atoms with Gasteiger partial charge in [-0.15, -0.1) is 10.2 Å². The predicted octanol–water partition coefficient (Wildman–Crippen LogP) is 7.10. The normalized spacial score (nSPS) is 10.9. The summed E-state index contributed by atoms with van der Waals surface area (Å²) in [5, 5.41) is 13.8. The predicted molar refractivity (Wildman–Crippen MR) is 135 cm³/mol. The van der Waals surface area contributed by atoms with Crippen molar-refractivity contribution in [3.05, 3.63) is 104 Å². The first-order valence-corrected chi connectivity index (χ1v) is 12.2. The number of rotatable bonds is 7. The molecule has 0 aliphatic heterocycles. The van der Waals surface area contributed by atoms with Crippen molar-refractivity contribution in [3.8, 4) is 5.69 Å². The summed E-state index contributed by atoms with van der Waals surface area (Å²) >= 11 is 26.2. The molecule has 1 heterocycles. The van der Waals surface area contributed by atoms with Crippen LogP contribution in [-0.4, -0.2) is 20.7 Å². The minimum atomic E-state index is -0.321. The van der Waals surface area contributed by atoms with Crippen LogP contribution in [0.15, 0.2) is 71.9 Å². The monoisotopic (exact) mass is 536 g/mol. The van der Waals surface area contributed by atoms with Gasteiger partial charge >= 0.3 is 0 Å². The molecule has 1 amide bonds. The van der Waals surface area contributed by atoms with Gasteiger partial charge in [0.1, 0.15) is 0 Å². The fraction of sp³-hybridized carbons (Fsp3) is 0.0870. The van der Waals surface area contributed by atoms with E-state index >= 15 is 0 Å². The standard InChI is InChI=1S/C23H16Cl4N4OS/c24-16-7-9-18(26)20(11-16)31-21(12-28-22(32)15-6-8-17(25)19(27)10-15)29-30-23(31)33-13-14-4-2-1-3-5-14/h1-11H,12-13H2,(H,28,32). The Morgan fingerprint density at radius 2 is 1.64 bits per heavy atom. The van der Waals surface area contributed by atoms with E-state index in [-0.39, 0.29) is 12.5 Å². The summed E-state index contributed by atoms with van der Waals surface area (Å²) in [4.78, 5) is 12.6. The van der Waals surface area contributed by atoms with E-state index < -0.39 is 0 Å². The molecule has 0 saturated carbocycles. The fourth-order valence-corrected chi connectivity index (χ4v) is 4.61. The maximum atomic E-state index is 12.6. The molecule has 0 saturated heterocycles. The van der Waals surface area contributed by atoms with Crippen molar-refractivity contribution >= 4 is 64.1 Å². The highest BCUT2D eigenvalue weighted by atomic mass is 35.5. The Morgan fingerprint density at radius 1 is 0.879 bits per heavy atom. The van der Waals surface area contributed by atoms with Gasteiger partial charge in [0.15, 0.2) is 11.0 Å². The van der Waals surface area contributed by atoms with Crippen LogP contribution in [0.1, 0.15) is 21.7 Å². The number of aromatic nitrogens is 3. The quantitative estimate of drug-likeness (QED) is 0.255. The lowest BCUT2D eigenvalue weighted by Crippen LogP contribution is -2.24. The van der Waals surface area contributed by atoms with Crippen LogP contribution in [0.5, 0.6) is 0 Å². The third kappa shape index (κ3) is 5.83. The van der Waals surface area contributed by atoms with Gasteiger partial charge in [-0.2, -0.15) is 0 Å². The van der Waals surface area contributed by atoms with E-state index in [9.17, 15) is 4.79 Å². The molecular formula is C23H16Cl4N4OS. The van der Waals surface area contributed by atoms with Crippen LogP contribution in [0, 0.1) is 0 Å². The zero-order valence-corrected chi connectivity index (χ0v) is 20.8. The molecule has 5 nitrogen and oxygen atoms in total. The molecule has 33 heavy (non-hydrogen) atoms. The van der Waals surface area contributed by atoms with Gasteiger partial charge in [-0.1, -0.05) is 88.5 Å². The zero-order valence-electron chi connectivity index (χ0n) is 16.9. The lowest BCUT2D eigenvalue weighted by molar-refractivity contribution is 0.0949. The Bertz CT molecular complexity index is 1300. The molecule has 0 radical (unpaired) electrons. The number of benzene rings is 3. The molecule has 3 aromatic carbocycles. The minimum Gasteiger partial charge on any atom is -0.345 e. The van der Waals surface area contributed by atoms with E-state index in [2.05, 4.69) is 15.5 Å². The highest BCUT2D eigenvalue weighted by molar-refractivity contribution is 7.98. The van der Waals surface area contributed by atoms with Gasteiger partial charge in [0.25, 0.3) is 5.91 Å². The molecule has 0 spiro atoms. The molecule has 0 aliphatic carbocycles. The van der Waals surface area contributed by atoms with Gasteiger partial charge in [0, 0.05) is 16.3 Å². The van der Waals surface area contributed by atoms with Crippen LogP contribution >= 0.6 is 58.2 Å². The highest BCUT2D eigenvalue weighted by Crippen LogP contribution is 2.31. The van der Waals surface area contributed by atoms with Crippen LogP contribution in [0.3, 0.4) is 0 Å². The van der Waals surface area contributed by atoms with Crippen molar-refractivity contribution in [2.45, 2.75) is 17.5 Å². The lowest BCUT2D eigenvalue weighted by atomic mass is 10.2. The number of hydrogen-bond acceptors (Lipinski definition) is 4. The largest absolute Gasteiger partial charge is 0.345 e. The van der Waals surface area contributed by atoms with E-state index in [4.69, 9.17) is 46.4 Å². The molecule has 0 bridgehead atoms. The molecule has 0 aliphatic rings. The molecule has 0 atom stereocenters. The second-order valence-corrected chi connectivity index (χ2v) is 9.52. The molecule has 4 aromatic rings. The Hall–Kier alpha value is -2.22. The first-order chi connectivity index (χ1) is 15.9. The van der Waals surface area contributed by atoms with E-state index in [1.807, 2.05) is 30.3 Å². The van der Waals surface area contributed by atoms with E-state index in [0.717, 1.165) is 5.56 Å². The first-order valence-electron chi connectivity index (χ1n) is 9.72. The van der Waals surface area contributed by atoms with Crippen LogP contribution < -0.4 is 5.32 Å². The number of nitrogens with zero attached hydrogens (tertiary/aromatic N) is 3. The summed E-state index contributed by atoms with van der Waals surface area (Å²) in [5.41, 5.74) is 2.15. The second kappa shape index (κ2) is 10.8. The lowest BCUT2D eigenvalue weighted by Gasteiger charge is -2.13. The average molecular weight is 538 g/mol. The zero-order chi connectivity index (χ0) is 23.4. The number of thioether (sulfide) groups is 1. The summed E-state index contributed by atoms with van der Waals surface area (Å²) in [6, 6.07) is 19.9. The van der Waals surface area contributed by atoms with E-state index in [0.29, 0.717) is 48.1 Å². The van der Waals surface area contributed by atoms with Crippen molar-refractivity contribution < 1.29 is 4.79 Å². The van der Waals surface area contributed by atoms with Crippen LogP contribution in [-0.2, 0) is 12.3 Å². The van der Waals surface area contributed by atoms with Crippen molar-refractivity contribution in [2.75, 3.05) is 0 Å². The molecule has 1 aromatic heterocycles. The van der Waals surface area contributed by atoms with E-state index in [1.165, 1.54) is 17.8 Å². The van der Waals surface area contributed by atoms with Gasteiger partial charge in [-0.25, -0.2) is 0 Å². The van der Waals surface area contributed by atoms with Crippen LogP contribution in [0.25, 0.3) is 5.69 Å². The van der Waals surface area contributed by atoms with Gasteiger partial charge in [-0.3, -0.25) is 9.36 Å². The number of hydrogen-bond donors (Lipinski definition) is 1. The third-order valence-electron chi connectivity index (χ3n) is 4.65. The smallest absolute Gasteiger partial charge is 0.251 e. The fourth-order valence-electron chi connectivity index (χ4n) is 3.03. The van der Waals surface area contributed by atoms with Gasteiger partial charge < -0.3 is 5.32 Å². The summed E-state index contributed by atoms with van der Waals surface area (Å²) in [6.07, 6.45) is 0. The minimum absolute atomic E-state index is 0.112. The topological polar surface area (TPSA) is 59.8 Å². The molecule has 168 valence electrons. The Morgan fingerprint density at radius 3 is 2.39 bits per heavy atom. The average Bonchev–Trinajstić information content (AvgIpc) is 3.22. The Kier molecular flexibility index (Phi) is 7.83. The second-order valence-electron chi connectivity index (χ2n) is 6.92. The summed E-state index contributed by atoms with van der Waals surface area (Å²) in [5.74, 6) is 0.870. The number of amides is 1. The number of nitrogens with one attached hydrogen (secondary N) is 1. The summed E-state index contributed by atoms with van der Waals surface area (Å²) < 4.78 is 1.80. The molecule has 4 rings (SSSR count). The first kappa shape index (κ1) is 23.9.